The van der Waals surface area contributed by atoms with Crippen molar-refractivity contribution in [3.8, 4) is 28.6 Å². The van der Waals surface area contributed by atoms with E-state index < -0.39 is 53.9 Å². The van der Waals surface area contributed by atoms with Crippen LogP contribution < -0.4 is 25.5 Å². The number of ether oxygens (including phenoxy) is 5. The number of aromatic amines is 1. The van der Waals surface area contributed by atoms with Crippen molar-refractivity contribution in [1.82, 2.24) is 9.97 Å². The first-order chi connectivity index (χ1) is 21.8. The average molecular weight is 650 g/mol. The third-order valence-electron chi connectivity index (χ3n) is 6.23. The molecular formula is C27H31N5O14. The molecule has 0 saturated heterocycles. The predicted molar refractivity (Wildman–Crippen MR) is 155 cm³/mol. The lowest BCUT2D eigenvalue weighted by atomic mass is 10.0. The number of nitrogens with two attached hydrogens (primary N) is 1. The van der Waals surface area contributed by atoms with Gasteiger partial charge >= 0.3 is 11.9 Å². The summed E-state index contributed by atoms with van der Waals surface area (Å²) in [7, 11) is 2.94. The van der Waals surface area contributed by atoms with Crippen molar-refractivity contribution in [3.63, 3.8) is 0 Å². The number of fused-ring (bicyclic) bond motifs is 1. The standard InChI is InChI=1S/C27H31N5O14/c1-14-7-16(25-29-20-9-17(40-3)10-21(41-4)23(20)26(34)30-25)8-15(2)24(14)43-6-5-42-22(33)11-19(28)27(35)44-12-18(46-32(38)39)13-45-31(36)37/h7-10,18-19H,5-6,11-13,28H2,1-4H3,(H,29,30,34). The number of nitrogens with one attached hydrogen (secondary N) is 1. The number of nitrogens with zero attached hydrogens (tertiary/aromatic N) is 3. The van der Waals surface area contributed by atoms with Crippen molar-refractivity contribution < 1.29 is 53.1 Å². The number of rotatable bonds is 17. The number of carbonyl (C=O) groups excluding carboxylic acids is 2. The molecule has 19 nitrogen and oxygen atoms in total. The van der Waals surface area contributed by atoms with Crippen molar-refractivity contribution in [1.29, 1.82) is 0 Å². The molecule has 0 aliphatic carbocycles. The van der Waals surface area contributed by atoms with Gasteiger partial charge in [0.1, 0.15) is 60.9 Å². The zero-order valence-corrected chi connectivity index (χ0v) is 25.1. The second kappa shape index (κ2) is 15.8. The highest BCUT2D eigenvalue weighted by molar-refractivity contribution is 5.87. The van der Waals surface area contributed by atoms with Gasteiger partial charge in [-0.1, -0.05) is 0 Å². The smallest absolute Gasteiger partial charge is 0.323 e. The maximum atomic E-state index is 12.9. The Morgan fingerprint density at radius 1 is 0.978 bits per heavy atom. The summed E-state index contributed by atoms with van der Waals surface area (Å²) in [6.45, 7) is 1.66. The maximum Gasteiger partial charge on any atom is 0.323 e. The molecule has 1 heterocycles. The number of aromatic nitrogens is 2. The highest BCUT2D eigenvalue weighted by Crippen LogP contribution is 2.31. The summed E-state index contributed by atoms with van der Waals surface area (Å²) < 4.78 is 26.2. The summed E-state index contributed by atoms with van der Waals surface area (Å²) in [5.74, 6) is -0.350. The summed E-state index contributed by atoms with van der Waals surface area (Å²) in [5, 5.41) is 18.6. The molecule has 2 atom stereocenters. The minimum atomic E-state index is -1.60. The molecule has 0 radical (unpaired) electrons. The fraction of sp³-hybridized carbons (Fsp3) is 0.407. The van der Waals surface area contributed by atoms with E-state index in [1.165, 1.54) is 14.2 Å². The van der Waals surface area contributed by atoms with Crippen LogP contribution in [-0.2, 0) is 28.7 Å². The summed E-state index contributed by atoms with van der Waals surface area (Å²) in [6.07, 6.45) is -2.19. The van der Waals surface area contributed by atoms with E-state index in [4.69, 9.17) is 29.4 Å². The molecular weight excluding hydrogens is 618 g/mol. The van der Waals surface area contributed by atoms with Crippen molar-refractivity contribution >= 4 is 22.8 Å². The average Bonchev–Trinajstić information content (AvgIpc) is 3.00. The lowest BCUT2D eigenvalue weighted by molar-refractivity contribution is -0.790. The summed E-state index contributed by atoms with van der Waals surface area (Å²) in [6, 6.07) is 5.27. The van der Waals surface area contributed by atoms with E-state index in [1.807, 2.05) is 0 Å². The summed E-state index contributed by atoms with van der Waals surface area (Å²) in [4.78, 5) is 73.3. The van der Waals surface area contributed by atoms with Crippen LogP contribution in [0.3, 0.4) is 0 Å². The van der Waals surface area contributed by atoms with Gasteiger partial charge in [0.15, 0.2) is 6.10 Å². The lowest BCUT2D eigenvalue weighted by Crippen LogP contribution is -2.38. The first-order valence-electron chi connectivity index (χ1n) is 13.4. The van der Waals surface area contributed by atoms with E-state index in [9.17, 15) is 34.6 Å². The van der Waals surface area contributed by atoms with Gasteiger partial charge in [0.25, 0.3) is 15.7 Å². The number of H-pyrrole nitrogens is 1. The van der Waals surface area contributed by atoms with Crippen LogP contribution >= 0.6 is 0 Å². The van der Waals surface area contributed by atoms with Crippen LogP contribution in [0.25, 0.3) is 22.3 Å². The highest BCUT2D eigenvalue weighted by atomic mass is 17.0. The number of carbonyl (C=O) groups is 2. The Morgan fingerprint density at radius 2 is 1.67 bits per heavy atom. The molecule has 0 fully saturated rings. The zero-order valence-electron chi connectivity index (χ0n) is 25.1. The topological polar surface area (TPSA) is 257 Å². The largest absolute Gasteiger partial charge is 0.497 e. The molecule has 1 aromatic heterocycles. The van der Waals surface area contributed by atoms with Gasteiger partial charge in [0, 0.05) is 17.7 Å². The van der Waals surface area contributed by atoms with Gasteiger partial charge in [0.2, 0.25) is 0 Å². The Kier molecular flexibility index (Phi) is 12.0. The highest BCUT2D eigenvalue weighted by Gasteiger charge is 2.24. The monoisotopic (exact) mass is 649 g/mol. The van der Waals surface area contributed by atoms with Gasteiger partial charge < -0.3 is 44.1 Å². The predicted octanol–water partition coefficient (Wildman–Crippen LogP) is 1.19. The summed E-state index contributed by atoms with van der Waals surface area (Å²) >= 11 is 0. The fourth-order valence-electron chi connectivity index (χ4n) is 4.22. The van der Waals surface area contributed by atoms with Crippen LogP contribution in [0, 0.1) is 34.1 Å². The lowest BCUT2D eigenvalue weighted by Gasteiger charge is -2.16. The van der Waals surface area contributed by atoms with E-state index in [2.05, 4.69) is 19.6 Å². The quantitative estimate of drug-likeness (QED) is 0.0900. The summed E-state index contributed by atoms with van der Waals surface area (Å²) in [5.41, 5.74) is 7.67. The van der Waals surface area contributed by atoms with Crippen molar-refractivity contribution in [2.45, 2.75) is 32.4 Å². The van der Waals surface area contributed by atoms with Crippen LogP contribution in [0.2, 0.25) is 0 Å². The Hall–Kier alpha value is -5.72. The molecule has 19 heteroatoms. The van der Waals surface area contributed by atoms with Gasteiger partial charge in [-0.15, -0.1) is 20.2 Å². The second-order valence-corrected chi connectivity index (χ2v) is 9.56. The van der Waals surface area contributed by atoms with E-state index in [0.29, 0.717) is 45.3 Å². The molecule has 0 aliphatic heterocycles. The molecule has 0 aliphatic rings. The Balaban J connectivity index is 1.55. The molecule has 3 N–H and O–H groups in total. The Labute approximate surface area is 259 Å². The van der Waals surface area contributed by atoms with E-state index in [0.717, 1.165) is 0 Å². The number of esters is 2. The minimum absolute atomic E-state index is 0.0482. The van der Waals surface area contributed by atoms with E-state index in [1.54, 1.807) is 38.1 Å². The fourth-order valence-corrected chi connectivity index (χ4v) is 4.22. The zero-order chi connectivity index (χ0) is 34.0. The van der Waals surface area contributed by atoms with E-state index in [-0.39, 0.29) is 24.2 Å². The molecule has 248 valence electrons. The number of hydrogen-bond acceptors (Lipinski definition) is 16. The number of methoxy groups -OCH3 is 2. The van der Waals surface area contributed by atoms with Crippen LogP contribution in [0.15, 0.2) is 29.1 Å². The van der Waals surface area contributed by atoms with Crippen LogP contribution in [0.1, 0.15) is 17.5 Å². The van der Waals surface area contributed by atoms with Gasteiger partial charge in [-0.25, -0.2) is 4.98 Å². The molecule has 0 spiro atoms. The third kappa shape index (κ3) is 9.39. The number of aryl methyl sites for hydroxylation is 2. The van der Waals surface area contributed by atoms with Crippen molar-refractivity contribution in [2.75, 3.05) is 40.6 Å². The molecule has 2 unspecified atom stereocenters. The molecule has 0 bridgehead atoms. The second-order valence-electron chi connectivity index (χ2n) is 9.56. The molecule has 0 saturated carbocycles. The molecule has 3 rings (SSSR count). The van der Waals surface area contributed by atoms with Crippen LogP contribution in [-0.4, -0.2) is 84.9 Å². The normalized spacial score (nSPS) is 12.0. The molecule has 46 heavy (non-hydrogen) atoms. The van der Waals surface area contributed by atoms with E-state index >= 15 is 0 Å². The van der Waals surface area contributed by atoms with Crippen molar-refractivity contribution in [3.05, 3.63) is 66.0 Å². The minimum Gasteiger partial charge on any atom is -0.497 e. The van der Waals surface area contributed by atoms with Crippen LogP contribution in [0.4, 0.5) is 0 Å². The van der Waals surface area contributed by atoms with Gasteiger partial charge in [-0.2, -0.15) is 0 Å². The van der Waals surface area contributed by atoms with Crippen LogP contribution in [0.5, 0.6) is 17.2 Å². The maximum absolute atomic E-state index is 12.9. The van der Waals surface area contributed by atoms with Gasteiger partial charge in [-0.3, -0.25) is 14.4 Å². The molecule has 3 aromatic rings. The van der Waals surface area contributed by atoms with Gasteiger partial charge in [0.05, 0.1) is 26.2 Å². The first kappa shape index (κ1) is 34.8. The van der Waals surface area contributed by atoms with Gasteiger partial charge in [-0.05, 0) is 37.1 Å². The molecule has 2 aromatic carbocycles. The number of benzene rings is 2. The SMILES string of the molecule is COc1cc(OC)c2c(=O)[nH]c(-c3cc(C)c(OCCOC(=O)CC(N)C(=O)OCC(CO[N+](=O)[O-])O[N+](=O)[O-])c(C)c3)nc2c1. The first-order valence-corrected chi connectivity index (χ1v) is 13.4. The molecule has 0 amide bonds. The Morgan fingerprint density at radius 3 is 2.28 bits per heavy atom. The van der Waals surface area contributed by atoms with Crippen molar-refractivity contribution in [2.24, 2.45) is 5.73 Å². The Bertz CT molecular complexity index is 1640. The third-order valence-corrected chi connectivity index (χ3v) is 6.23. The number of hydrogen-bond donors (Lipinski definition) is 2.